The Morgan fingerprint density at radius 3 is 2.60 bits per heavy atom. The summed E-state index contributed by atoms with van der Waals surface area (Å²) in [4.78, 5) is 11.3. The van der Waals surface area contributed by atoms with E-state index in [4.69, 9.17) is 4.74 Å². The van der Waals surface area contributed by atoms with Crippen molar-refractivity contribution in [3.8, 4) is 5.75 Å². The lowest BCUT2D eigenvalue weighted by Gasteiger charge is -2.16. The molecule has 5 heteroatoms. The number of benzene rings is 2. The number of hydrogen-bond donors (Lipinski definition) is 2. The van der Waals surface area contributed by atoms with Crippen LogP contribution in [0, 0.1) is 6.92 Å². The number of thioether (sulfide) groups is 1. The molecule has 2 N–H and O–H groups in total. The van der Waals surface area contributed by atoms with Gasteiger partial charge in [-0.05, 0) is 37.0 Å². The van der Waals surface area contributed by atoms with Gasteiger partial charge in [0.2, 0.25) is 0 Å². The number of carbonyl (C=O) groups is 1. The molecule has 0 aliphatic carbocycles. The topological polar surface area (TPSA) is 58.6 Å². The number of carboxylic acids is 1. The normalized spacial score (nSPS) is 11.9. The van der Waals surface area contributed by atoms with Gasteiger partial charge in [0.25, 0.3) is 0 Å². The van der Waals surface area contributed by atoms with Gasteiger partial charge in [-0.1, -0.05) is 48.0 Å². The summed E-state index contributed by atoms with van der Waals surface area (Å²) >= 11 is 1.65. The van der Waals surface area contributed by atoms with Gasteiger partial charge in [0.05, 0.1) is 0 Å². The molecule has 25 heavy (non-hydrogen) atoms. The fourth-order valence-corrected chi connectivity index (χ4v) is 2.89. The van der Waals surface area contributed by atoms with Crippen LogP contribution in [0.25, 0.3) is 0 Å². The van der Waals surface area contributed by atoms with E-state index in [0.29, 0.717) is 19.6 Å². The average Bonchev–Trinajstić information content (AvgIpc) is 2.62. The molecule has 0 fully saturated rings. The van der Waals surface area contributed by atoms with E-state index in [0.717, 1.165) is 22.6 Å². The van der Waals surface area contributed by atoms with Crippen LogP contribution in [0.15, 0.2) is 48.5 Å². The summed E-state index contributed by atoms with van der Waals surface area (Å²) < 4.78 is 5.95. The predicted octanol–water partition coefficient (Wildman–Crippen LogP) is 3.87. The smallest absolute Gasteiger partial charge is 0.320 e. The lowest BCUT2D eigenvalue weighted by atomic mass is 10.1. The zero-order chi connectivity index (χ0) is 18.1. The van der Waals surface area contributed by atoms with E-state index in [-0.39, 0.29) is 0 Å². The lowest BCUT2D eigenvalue weighted by molar-refractivity contribution is -0.139. The van der Waals surface area contributed by atoms with Gasteiger partial charge >= 0.3 is 5.97 Å². The molecule has 1 atom stereocenters. The first kappa shape index (κ1) is 19.3. The zero-order valence-corrected chi connectivity index (χ0v) is 15.5. The minimum atomic E-state index is -0.813. The Balaban J connectivity index is 1.97. The van der Waals surface area contributed by atoms with Gasteiger partial charge in [-0.25, -0.2) is 0 Å². The van der Waals surface area contributed by atoms with Gasteiger partial charge in [-0.15, -0.1) is 0 Å². The Morgan fingerprint density at radius 1 is 1.20 bits per heavy atom. The van der Waals surface area contributed by atoms with Gasteiger partial charge in [-0.3, -0.25) is 4.79 Å². The summed E-state index contributed by atoms with van der Waals surface area (Å²) in [5.74, 6) is 0.784. The van der Waals surface area contributed by atoms with E-state index in [1.165, 1.54) is 5.56 Å². The maximum Gasteiger partial charge on any atom is 0.320 e. The van der Waals surface area contributed by atoms with Crippen LogP contribution >= 0.6 is 11.8 Å². The van der Waals surface area contributed by atoms with Crippen molar-refractivity contribution < 1.29 is 14.6 Å². The summed E-state index contributed by atoms with van der Waals surface area (Å²) in [6.07, 6.45) is 2.58. The molecule has 0 saturated heterocycles. The second-order valence-electron chi connectivity index (χ2n) is 5.94. The number of ether oxygens (including phenoxy) is 1. The SMILES string of the molecule is CSCCC(NCc1ccccc1OCc1ccc(C)cc1)C(=O)O. The summed E-state index contributed by atoms with van der Waals surface area (Å²) in [5, 5.41) is 12.4. The third-order valence-corrected chi connectivity index (χ3v) is 4.58. The van der Waals surface area contributed by atoms with Crippen LogP contribution in [0.1, 0.15) is 23.1 Å². The van der Waals surface area contributed by atoms with Crippen LogP contribution in [0.5, 0.6) is 5.75 Å². The summed E-state index contributed by atoms with van der Waals surface area (Å²) in [6, 6.07) is 15.4. The van der Waals surface area contributed by atoms with Gasteiger partial charge in [0, 0.05) is 12.1 Å². The Kier molecular flexibility index (Phi) is 7.82. The molecule has 0 aromatic heterocycles. The van der Waals surface area contributed by atoms with Crippen molar-refractivity contribution in [3.05, 3.63) is 65.2 Å². The van der Waals surface area contributed by atoms with Crippen molar-refractivity contribution in [3.63, 3.8) is 0 Å². The van der Waals surface area contributed by atoms with Crippen LogP contribution in [0.2, 0.25) is 0 Å². The fraction of sp³-hybridized carbons (Fsp3) is 0.350. The van der Waals surface area contributed by atoms with Crippen LogP contribution in [-0.2, 0) is 17.9 Å². The Labute approximate surface area is 153 Å². The van der Waals surface area contributed by atoms with Crippen LogP contribution < -0.4 is 10.1 Å². The summed E-state index contributed by atoms with van der Waals surface area (Å²) in [6.45, 7) is 3.02. The van der Waals surface area contributed by atoms with Crippen molar-refractivity contribution in [2.75, 3.05) is 12.0 Å². The first-order chi connectivity index (χ1) is 12.1. The van der Waals surface area contributed by atoms with E-state index in [2.05, 4.69) is 36.5 Å². The lowest BCUT2D eigenvalue weighted by Crippen LogP contribution is -2.36. The van der Waals surface area contributed by atoms with Crippen LogP contribution in [0.4, 0.5) is 0 Å². The van der Waals surface area contributed by atoms with Crippen molar-refractivity contribution in [1.82, 2.24) is 5.32 Å². The molecule has 0 amide bonds. The molecule has 2 aromatic rings. The first-order valence-corrected chi connectivity index (χ1v) is 9.71. The molecule has 2 rings (SSSR count). The van der Waals surface area contributed by atoms with Crippen molar-refractivity contribution in [2.24, 2.45) is 0 Å². The molecular formula is C20H25NO3S. The van der Waals surface area contributed by atoms with Crippen molar-refractivity contribution in [1.29, 1.82) is 0 Å². The second kappa shape index (κ2) is 10.1. The van der Waals surface area contributed by atoms with E-state index in [9.17, 15) is 9.90 Å². The van der Waals surface area contributed by atoms with Crippen molar-refractivity contribution >= 4 is 17.7 Å². The molecule has 0 heterocycles. The Morgan fingerprint density at radius 2 is 1.92 bits per heavy atom. The summed E-state index contributed by atoms with van der Waals surface area (Å²) in [7, 11) is 0. The number of aliphatic carboxylic acids is 1. The summed E-state index contributed by atoms with van der Waals surface area (Å²) in [5.41, 5.74) is 3.29. The standard InChI is InChI=1S/C20H25NO3S/c1-15-7-9-16(10-8-15)14-24-19-6-4-3-5-17(19)13-21-18(20(22)23)11-12-25-2/h3-10,18,21H,11-14H2,1-2H3,(H,22,23). The van der Waals surface area contributed by atoms with Gasteiger partial charge in [0.1, 0.15) is 18.4 Å². The average molecular weight is 359 g/mol. The monoisotopic (exact) mass is 359 g/mol. The van der Waals surface area contributed by atoms with Crippen molar-refractivity contribution in [2.45, 2.75) is 32.5 Å². The number of carboxylic acid groups (broad SMARTS) is 1. The number of para-hydroxylation sites is 1. The van der Waals surface area contributed by atoms with Gasteiger partial charge in [-0.2, -0.15) is 11.8 Å². The zero-order valence-electron chi connectivity index (χ0n) is 14.7. The first-order valence-electron chi connectivity index (χ1n) is 8.31. The van der Waals surface area contributed by atoms with E-state index in [1.54, 1.807) is 11.8 Å². The third kappa shape index (κ3) is 6.44. The highest BCUT2D eigenvalue weighted by Gasteiger charge is 2.16. The maximum absolute atomic E-state index is 11.3. The minimum Gasteiger partial charge on any atom is -0.489 e. The molecule has 0 aliphatic rings. The maximum atomic E-state index is 11.3. The van der Waals surface area contributed by atoms with Crippen LogP contribution in [0.3, 0.4) is 0 Å². The fourth-order valence-electron chi connectivity index (χ4n) is 2.42. The predicted molar refractivity (Wildman–Crippen MR) is 103 cm³/mol. The molecule has 1 unspecified atom stereocenters. The molecule has 2 aromatic carbocycles. The number of hydrogen-bond acceptors (Lipinski definition) is 4. The molecule has 4 nitrogen and oxygen atoms in total. The molecule has 0 bridgehead atoms. The Bertz CT molecular complexity index is 673. The molecule has 0 spiro atoms. The van der Waals surface area contributed by atoms with E-state index < -0.39 is 12.0 Å². The number of rotatable bonds is 10. The van der Waals surface area contributed by atoms with Gasteiger partial charge in [0.15, 0.2) is 0 Å². The minimum absolute atomic E-state index is 0.468. The highest BCUT2D eigenvalue weighted by Crippen LogP contribution is 2.20. The van der Waals surface area contributed by atoms with E-state index >= 15 is 0 Å². The molecular weight excluding hydrogens is 334 g/mol. The highest BCUT2D eigenvalue weighted by atomic mass is 32.2. The highest BCUT2D eigenvalue weighted by molar-refractivity contribution is 7.98. The largest absolute Gasteiger partial charge is 0.489 e. The number of nitrogens with one attached hydrogen (secondary N) is 1. The van der Waals surface area contributed by atoms with Gasteiger partial charge < -0.3 is 15.2 Å². The molecule has 0 saturated carbocycles. The Hall–Kier alpha value is -1.98. The quantitative estimate of drug-likeness (QED) is 0.674. The molecule has 134 valence electrons. The second-order valence-corrected chi connectivity index (χ2v) is 6.92. The van der Waals surface area contributed by atoms with Crippen LogP contribution in [-0.4, -0.2) is 29.1 Å². The van der Waals surface area contributed by atoms with E-state index in [1.807, 2.05) is 30.5 Å². The molecule has 0 aliphatic heterocycles. The number of aryl methyl sites for hydroxylation is 1. The molecule has 0 radical (unpaired) electrons. The third-order valence-electron chi connectivity index (χ3n) is 3.94.